The van der Waals surface area contributed by atoms with Gasteiger partial charge in [0.1, 0.15) is 10.0 Å². The zero-order valence-electron chi connectivity index (χ0n) is 8.95. The second-order valence-corrected chi connectivity index (χ2v) is 5.38. The third kappa shape index (κ3) is 2.68. The molecule has 84 valence electrons. The van der Waals surface area contributed by atoms with Crippen molar-refractivity contribution in [1.29, 1.82) is 0 Å². The molecule has 1 atom stereocenters. The third-order valence-corrected chi connectivity index (χ3v) is 4.07. The Kier molecular flexibility index (Phi) is 3.94. The Morgan fingerprint density at radius 1 is 1.53 bits per heavy atom. The van der Waals surface area contributed by atoms with Crippen molar-refractivity contribution in [1.82, 2.24) is 14.5 Å². The van der Waals surface area contributed by atoms with Gasteiger partial charge in [-0.2, -0.15) is 0 Å². The van der Waals surface area contributed by atoms with Gasteiger partial charge < -0.3 is 0 Å². The van der Waals surface area contributed by atoms with E-state index in [9.17, 15) is 0 Å². The molecule has 0 unspecified atom stereocenters. The number of aromatic nitrogens is 2. The number of hydrogen-bond acceptors (Lipinski definition) is 4. The van der Waals surface area contributed by atoms with Gasteiger partial charge in [0.15, 0.2) is 0 Å². The monoisotopic (exact) mass is 245 g/mol. The number of rotatable bonds is 3. The zero-order chi connectivity index (χ0) is 10.7. The average Bonchev–Trinajstić information content (AvgIpc) is 2.65. The van der Waals surface area contributed by atoms with Gasteiger partial charge in [-0.25, -0.2) is 0 Å². The van der Waals surface area contributed by atoms with Gasteiger partial charge in [-0.1, -0.05) is 29.4 Å². The molecule has 3 nitrogen and oxygen atoms in total. The summed E-state index contributed by atoms with van der Waals surface area (Å²) >= 11 is 7.30. The van der Waals surface area contributed by atoms with E-state index in [4.69, 9.17) is 11.6 Å². The van der Waals surface area contributed by atoms with E-state index < -0.39 is 0 Å². The molecule has 1 aromatic rings. The van der Waals surface area contributed by atoms with Crippen molar-refractivity contribution < 1.29 is 0 Å². The summed E-state index contributed by atoms with van der Waals surface area (Å²) in [7, 11) is 0. The van der Waals surface area contributed by atoms with E-state index in [0.29, 0.717) is 6.04 Å². The summed E-state index contributed by atoms with van der Waals surface area (Å²) in [6.45, 7) is 4.30. The van der Waals surface area contributed by atoms with E-state index in [-0.39, 0.29) is 0 Å². The van der Waals surface area contributed by atoms with Gasteiger partial charge in [0, 0.05) is 24.1 Å². The summed E-state index contributed by atoms with van der Waals surface area (Å²) < 4.78 is 4.62. The molecular weight excluding hydrogens is 230 g/mol. The van der Waals surface area contributed by atoms with Gasteiger partial charge in [-0.3, -0.25) is 4.90 Å². The minimum atomic E-state index is 0.705. The molecular formula is C10H16ClN3S. The van der Waals surface area contributed by atoms with E-state index in [1.165, 1.54) is 43.8 Å². The fourth-order valence-corrected chi connectivity index (χ4v) is 2.83. The van der Waals surface area contributed by atoms with Crippen LogP contribution in [-0.2, 0) is 6.54 Å². The second kappa shape index (κ2) is 5.23. The Bertz CT molecular complexity index is 315. The Balaban J connectivity index is 2.00. The first-order chi connectivity index (χ1) is 7.31. The quantitative estimate of drug-likeness (QED) is 0.820. The van der Waals surface area contributed by atoms with Crippen LogP contribution in [0.4, 0.5) is 0 Å². The van der Waals surface area contributed by atoms with Crippen molar-refractivity contribution in [3.05, 3.63) is 10.0 Å². The van der Waals surface area contributed by atoms with Crippen molar-refractivity contribution in [2.75, 3.05) is 6.54 Å². The largest absolute Gasteiger partial charge is 0.294 e. The highest BCUT2D eigenvalue weighted by atomic mass is 35.5. The van der Waals surface area contributed by atoms with Crippen molar-refractivity contribution in [2.45, 2.75) is 45.2 Å². The summed E-state index contributed by atoms with van der Waals surface area (Å²) in [5.74, 6) is 0. The minimum Gasteiger partial charge on any atom is -0.294 e. The number of likely N-dealkylation sites (tertiary alicyclic amines) is 1. The van der Waals surface area contributed by atoms with Gasteiger partial charge in [0.05, 0.1) is 0 Å². The van der Waals surface area contributed by atoms with E-state index in [1.54, 1.807) is 0 Å². The van der Waals surface area contributed by atoms with Crippen LogP contribution in [0, 0.1) is 0 Å². The summed E-state index contributed by atoms with van der Waals surface area (Å²) in [5, 5.41) is 4.07. The van der Waals surface area contributed by atoms with Crippen LogP contribution in [-0.4, -0.2) is 27.1 Å². The van der Waals surface area contributed by atoms with Gasteiger partial charge in [0.2, 0.25) is 0 Å². The molecule has 2 heterocycles. The highest BCUT2D eigenvalue weighted by Crippen LogP contribution is 2.24. The van der Waals surface area contributed by atoms with E-state index in [1.807, 2.05) is 0 Å². The summed E-state index contributed by atoms with van der Waals surface area (Å²) in [6, 6.07) is 0.705. The first-order valence-electron chi connectivity index (χ1n) is 5.52. The molecule has 0 N–H and O–H groups in total. The highest BCUT2D eigenvalue weighted by Gasteiger charge is 2.22. The van der Waals surface area contributed by atoms with Crippen LogP contribution in [0.15, 0.2) is 0 Å². The van der Waals surface area contributed by atoms with Gasteiger partial charge in [0.25, 0.3) is 0 Å². The molecule has 2 rings (SSSR count). The summed E-state index contributed by atoms with van der Waals surface area (Å²) in [6.07, 6.45) is 5.19. The number of halogens is 1. The number of piperidine rings is 1. The lowest BCUT2D eigenvalue weighted by Gasteiger charge is -2.34. The molecule has 0 aromatic carbocycles. The fourth-order valence-electron chi connectivity index (χ4n) is 2.21. The Hall–Kier alpha value is -0.190. The van der Waals surface area contributed by atoms with E-state index in [0.717, 1.165) is 16.6 Å². The molecule has 1 fully saturated rings. The number of nitrogens with zero attached hydrogens (tertiary/aromatic N) is 3. The minimum absolute atomic E-state index is 0.705. The molecule has 0 aliphatic carbocycles. The van der Waals surface area contributed by atoms with Crippen LogP contribution >= 0.6 is 23.1 Å². The highest BCUT2D eigenvalue weighted by molar-refractivity contribution is 7.10. The van der Waals surface area contributed by atoms with Crippen molar-refractivity contribution in [2.24, 2.45) is 0 Å². The lowest BCUT2D eigenvalue weighted by Crippen LogP contribution is -2.38. The maximum atomic E-state index is 6.02. The molecule has 1 saturated heterocycles. The second-order valence-electron chi connectivity index (χ2n) is 4.02. The predicted molar refractivity (Wildman–Crippen MR) is 63.3 cm³/mol. The normalized spacial score (nSPS) is 23.2. The van der Waals surface area contributed by atoms with Crippen molar-refractivity contribution in [3.63, 3.8) is 0 Å². The van der Waals surface area contributed by atoms with Crippen LogP contribution < -0.4 is 0 Å². The predicted octanol–water partition coefficient (Wildman–Crippen LogP) is 2.96. The Morgan fingerprint density at radius 2 is 2.40 bits per heavy atom. The Labute approximate surface area is 99.6 Å². The lowest BCUT2D eigenvalue weighted by molar-refractivity contribution is 0.134. The molecule has 5 heteroatoms. The SMILES string of the molecule is CC[C@@H]1CCCCN1Cc1nnsc1Cl. The average molecular weight is 246 g/mol. The maximum absolute atomic E-state index is 6.02. The van der Waals surface area contributed by atoms with E-state index in [2.05, 4.69) is 21.4 Å². The molecule has 0 saturated carbocycles. The molecule has 0 spiro atoms. The maximum Gasteiger partial charge on any atom is 0.138 e. The van der Waals surface area contributed by atoms with Gasteiger partial charge in [-0.15, -0.1) is 5.10 Å². The summed E-state index contributed by atoms with van der Waals surface area (Å²) in [4.78, 5) is 2.49. The smallest absolute Gasteiger partial charge is 0.138 e. The van der Waals surface area contributed by atoms with Gasteiger partial charge >= 0.3 is 0 Å². The molecule has 0 amide bonds. The van der Waals surface area contributed by atoms with Crippen LogP contribution in [0.25, 0.3) is 0 Å². The molecule has 1 aliphatic rings. The van der Waals surface area contributed by atoms with Crippen LogP contribution in [0.5, 0.6) is 0 Å². The Morgan fingerprint density at radius 3 is 3.07 bits per heavy atom. The van der Waals surface area contributed by atoms with Crippen LogP contribution in [0.2, 0.25) is 4.34 Å². The lowest BCUT2D eigenvalue weighted by atomic mass is 10.00. The molecule has 1 aliphatic heterocycles. The number of hydrogen-bond donors (Lipinski definition) is 0. The zero-order valence-corrected chi connectivity index (χ0v) is 10.5. The molecule has 15 heavy (non-hydrogen) atoms. The van der Waals surface area contributed by atoms with Crippen LogP contribution in [0.1, 0.15) is 38.3 Å². The third-order valence-electron chi connectivity index (χ3n) is 3.08. The molecule has 0 bridgehead atoms. The first-order valence-corrected chi connectivity index (χ1v) is 6.67. The van der Waals surface area contributed by atoms with E-state index >= 15 is 0 Å². The summed E-state index contributed by atoms with van der Waals surface area (Å²) in [5.41, 5.74) is 0.946. The van der Waals surface area contributed by atoms with Gasteiger partial charge in [-0.05, 0) is 25.8 Å². The van der Waals surface area contributed by atoms with Crippen molar-refractivity contribution in [3.8, 4) is 0 Å². The van der Waals surface area contributed by atoms with Crippen LogP contribution in [0.3, 0.4) is 0 Å². The fraction of sp³-hybridized carbons (Fsp3) is 0.800. The standard InChI is InChI=1S/C10H16ClN3S/c1-2-8-5-3-4-6-14(8)7-9-10(11)15-13-12-9/h8H,2-7H2,1H3/t8-/m1/s1. The molecule has 1 aromatic heterocycles. The molecule has 0 radical (unpaired) electrons. The van der Waals surface area contributed by atoms with Crippen molar-refractivity contribution >= 4 is 23.1 Å². The first kappa shape index (κ1) is 11.3. The topological polar surface area (TPSA) is 29.0 Å².